The Balaban J connectivity index is 2.61. The quantitative estimate of drug-likeness (QED) is 0.731. The lowest BCUT2D eigenvalue weighted by molar-refractivity contribution is -0.141. The molecule has 2 amide bonds. The molecule has 1 fully saturated rings. The van der Waals surface area contributed by atoms with Gasteiger partial charge in [-0.3, -0.25) is 4.90 Å². The topological polar surface area (TPSA) is 104 Å². The monoisotopic (exact) mass is 324 g/mol. The Kier molecular flexibility index (Phi) is 6.12. The highest BCUT2D eigenvalue weighted by Gasteiger charge is 2.40. The van der Waals surface area contributed by atoms with E-state index in [9.17, 15) is 18.0 Å². The summed E-state index contributed by atoms with van der Waals surface area (Å²) in [6.07, 6.45) is 0.648. The van der Waals surface area contributed by atoms with Crippen LogP contribution >= 0.6 is 11.8 Å². The molecule has 1 saturated heterocycles. The number of sulfone groups is 1. The van der Waals surface area contributed by atoms with Crippen molar-refractivity contribution < 1.29 is 23.1 Å². The number of nitrogens with zero attached hydrogens (tertiary/aromatic N) is 1. The van der Waals surface area contributed by atoms with Gasteiger partial charge in [-0.2, -0.15) is 0 Å². The van der Waals surface area contributed by atoms with Crippen LogP contribution in [-0.2, 0) is 14.6 Å². The van der Waals surface area contributed by atoms with Gasteiger partial charge in [-0.05, 0) is 6.42 Å². The van der Waals surface area contributed by atoms with Crippen LogP contribution in [0.5, 0.6) is 0 Å². The van der Waals surface area contributed by atoms with E-state index >= 15 is 0 Å². The normalized spacial score (nSPS) is 22.8. The number of nitrogens with one attached hydrogen (secondary N) is 1. The van der Waals surface area contributed by atoms with Crippen LogP contribution in [0.2, 0.25) is 0 Å². The summed E-state index contributed by atoms with van der Waals surface area (Å²) < 4.78 is 22.7. The molecule has 2 unspecified atom stereocenters. The summed E-state index contributed by atoms with van der Waals surface area (Å²) in [4.78, 5) is 24.5. The van der Waals surface area contributed by atoms with Gasteiger partial charge in [0.15, 0.2) is 9.84 Å². The molecule has 1 heterocycles. The highest BCUT2D eigenvalue weighted by molar-refractivity contribution is 8.00. The zero-order chi connectivity index (χ0) is 15.3. The molecule has 9 heteroatoms. The van der Waals surface area contributed by atoms with E-state index in [4.69, 9.17) is 5.11 Å². The summed E-state index contributed by atoms with van der Waals surface area (Å²) in [7, 11) is -3.14. The molecule has 0 aromatic heterocycles. The molecular weight excluding hydrogens is 304 g/mol. The Morgan fingerprint density at radius 3 is 2.55 bits per heavy atom. The molecule has 0 aromatic carbocycles. The van der Waals surface area contributed by atoms with Crippen molar-refractivity contribution in [3.8, 4) is 0 Å². The van der Waals surface area contributed by atoms with Crippen molar-refractivity contribution >= 4 is 33.6 Å². The fraction of sp³-hybridized carbons (Fsp3) is 0.818. The number of hydrogen-bond acceptors (Lipinski definition) is 5. The van der Waals surface area contributed by atoms with Crippen molar-refractivity contribution in [2.75, 3.05) is 23.8 Å². The summed E-state index contributed by atoms with van der Waals surface area (Å²) >= 11 is 1.42. The van der Waals surface area contributed by atoms with E-state index in [-0.39, 0.29) is 23.4 Å². The first-order valence-corrected chi connectivity index (χ1v) is 9.30. The number of carboxylic acids is 1. The second-order valence-electron chi connectivity index (χ2n) is 4.43. The van der Waals surface area contributed by atoms with Gasteiger partial charge in [0.25, 0.3) is 0 Å². The first-order chi connectivity index (χ1) is 9.32. The molecule has 0 spiro atoms. The van der Waals surface area contributed by atoms with Gasteiger partial charge >= 0.3 is 12.0 Å². The van der Waals surface area contributed by atoms with Gasteiger partial charge in [-0.25, -0.2) is 18.0 Å². The number of carbonyl (C=O) groups is 2. The molecule has 1 rings (SSSR count). The van der Waals surface area contributed by atoms with Gasteiger partial charge < -0.3 is 10.4 Å². The van der Waals surface area contributed by atoms with E-state index in [0.717, 1.165) is 0 Å². The van der Waals surface area contributed by atoms with Gasteiger partial charge in [-0.1, -0.05) is 13.8 Å². The maximum absolute atomic E-state index is 12.0. The fourth-order valence-corrected chi connectivity index (χ4v) is 3.94. The van der Waals surface area contributed by atoms with Crippen molar-refractivity contribution in [2.45, 2.75) is 31.7 Å². The molecule has 0 saturated carbocycles. The minimum Gasteiger partial charge on any atom is -0.480 e. The summed E-state index contributed by atoms with van der Waals surface area (Å²) in [5, 5.41) is 11.4. The van der Waals surface area contributed by atoms with Crippen LogP contribution in [0.3, 0.4) is 0 Å². The molecule has 2 atom stereocenters. The summed E-state index contributed by atoms with van der Waals surface area (Å²) in [5.74, 6) is -0.790. The van der Waals surface area contributed by atoms with Crippen LogP contribution in [0.4, 0.5) is 4.79 Å². The van der Waals surface area contributed by atoms with Crippen LogP contribution in [-0.4, -0.2) is 65.6 Å². The Labute approximate surface area is 123 Å². The lowest BCUT2D eigenvalue weighted by atomic mass is 10.3. The standard InChI is InChI=1S/C11H20N2O5S2/c1-3-9-13(8(7-19-9)10(14)15)11(16)12-5-6-20(17,18)4-2/h8-9H,3-7H2,1-2H3,(H,12,16)(H,14,15). The zero-order valence-corrected chi connectivity index (χ0v) is 13.2. The number of carboxylic acid groups (broad SMARTS) is 1. The Bertz CT molecular complexity index is 465. The molecule has 1 aliphatic heterocycles. The molecule has 1 aliphatic rings. The van der Waals surface area contributed by atoms with Crippen molar-refractivity contribution in [2.24, 2.45) is 0 Å². The number of amides is 2. The lowest BCUT2D eigenvalue weighted by Crippen LogP contribution is -2.50. The summed E-state index contributed by atoms with van der Waals surface area (Å²) in [6.45, 7) is 3.42. The number of carbonyl (C=O) groups excluding carboxylic acids is 1. The van der Waals surface area contributed by atoms with E-state index in [1.165, 1.54) is 16.7 Å². The van der Waals surface area contributed by atoms with Crippen molar-refractivity contribution in [3.63, 3.8) is 0 Å². The first-order valence-electron chi connectivity index (χ1n) is 6.43. The van der Waals surface area contributed by atoms with Crippen LogP contribution in [0.1, 0.15) is 20.3 Å². The van der Waals surface area contributed by atoms with Gasteiger partial charge in [0.05, 0.1) is 11.1 Å². The molecule has 2 N–H and O–H groups in total. The number of thioether (sulfide) groups is 1. The summed E-state index contributed by atoms with van der Waals surface area (Å²) in [5.41, 5.74) is 0. The van der Waals surface area contributed by atoms with Crippen molar-refractivity contribution in [1.82, 2.24) is 10.2 Å². The maximum Gasteiger partial charge on any atom is 0.327 e. The SMILES string of the molecule is CCC1SCC(C(=O)O)N1C(=O)NCCS(=O)(=O)CC. The third kappa shape index (κ3) is 4.27. The number of rotatable bonds is 6. The van der Waals surface area contributed by atoms with Gasteiger partial charge in [0.2, 0.25) is 0 Å². The largest absolute Gasteiger partial charge is 0.480 e. The third-order valence-corrected chi connectivity index (χ3v) is 6.25. The highest BCUT2D eigenvalue weighted by Crippen LogP contribution is 2.31. The molecule has 0 aromatic rings. The van der Waals surface area contributed by atoms with E-state index < -0.39 is 27.9 Å². The third-order valence-electron chi connectivity index (χ3n) is 3.09. The predicted octanol–water partition coefficient (Wildman–Crippen LogP) is 0.369. The van der Waals surface area contributed by atoms with Crippen molar-refractivity contribution in [3.05, 3.63) is 0 Å². The van der Waals surface area contributed by atoms with Gasteiger partial charge in [-0.15, -0.1) is 11.8 Å². The van der Waals surface area contributed by atoms with E-state index in [1.807, 2.05) is 6.92 Å². The average Bonchev–Trinajstić information content (AvgIpc) is 2.82. The predicted molar refractivity (Wildman–Crippen MR) is 77.5 cm³/mol. The van der Waals surface area contributed by atoms with Gasteiger partial charge in [0.1, 0.15) is 6.04 Å². The molecule has 116 valence electrons. The smallest absolute Gasteiger partial charge is 0.327 e. The number of aliphatic carboxylic acids is 1. The second kappa shape index (κ2) is 7.16. The Hall–Kier alpha value is -0.960. The van der Waals surface area contributed by atoms with E-state index in [0.29, 0.717) is 12.2 Å². The number of hydrogen-bond donors (Lipinski definition) is 2. The fourth-order valence-electron chi connectivity index (χ4n) is 1.89. The lowest BCUT2D eigenvalue weighted by Gasteiger charge is -2.26. The van der Waals surface area contributed by atoms with Crippen molar-refractivity contribution in [1.29, 1.82) is 0 Å². The van der Waals surface area contributed by atoms with Crippen LogP contribution in [0, 0.1) is 0 Å². The zero-order valence-electron chi connectivity index (χ0n) is 11.5. The minimum atomic E-state index is -3.14. The summed E-state index contributed by atoms with van der Waals surface area (Å²) in [6, 6.07) is -1.37. The second-order valence-corrected chi connectivity index (χ2v) is 8.11. The molecule has 20 heavy (non-hydrogen) atoms. The maximum atomic E-state index is 12.0. The van der Waals surface area contributed by atoms with Crippen LogP contribution in [0.15, 0.2) is 0 Å². The molecule has 7 nitrogen and oxygen atoms in total. The van der Waals surface area contributed by atoms with Crippen LogP contribution < -0.4 is 5.32 Å². The molecule has 0 radical (unpaired) electrons. The first kappa shape index (κ1) is 17.1. The van der Waals surface area contributed by atoms with E-state index in [1.54, 1.807) is 6.92 Å². The van der Waals surface area contributed by atoms with Gasteiger partial charge in [0, 0.05) is 18.1 Å². The minimum absolute atomic E-state index is 0.00104. The molecular formula is C11H20N2O5S2. The van der Waals surface area contributed by atoms with E-state index in [2.05, 4.69) is 5.32 Å². The number of urea groups is 1. The van der Waals surface area contributed by atoms with Crippen LogP contribution in [0.25, 0.3) is 0 Å². The highest BCUT2D eigenvalue weighted by atomic mass is 32.2. The Morgan fingerprint density at radius 1 is 1.40 bits per heavy atom. The molecule has 0 aliphatic carbocycles. The average molecular weight is 324 g/mol. The Morgan fingerprint density at radius 2 is 2.05 bits per heavy atom. The molecule has 0 bridgehead atoms.